The average molecular weight is 280 g/mol. The van der Waals surface area contributed by atoms with Crippen molar-refractivity contribution in [2.45, 2.75) is 6.54 Å². The number of nitrogens with two attached hydrogens (primary N) is 1. The highest BCUT2D eigenvalue weighted by molar-refractivity contribution is 6.03. The molecule has 1 aromatic heterocycles. The van der Waals surface area contributed by atoms with E-state index < -0.39 is 0 Å². The molecule has 0 aliphatic carbocycles. The fourth-order valence-electron chi connectivity index (χ4n) is 2.27. The summed E-state index contributed by atoms with van der Waals surface area (Å²) in [6, 6.07) is 13.3. The Hall–Kier alpha value is -2.82. The Morgan fingerprint density at radius 1 is 1.19 bits per heavy atom. The molecule has 106 valence electrons. The summed E-state index contributed by atoms with van der Waals surface area (Å²) in [5, 5.41) is 8.98. The molecule has 1 amide bonds. The third kappa shape index (κ3) is 2.86. The maximum atomic E-state index is 12.2. The monoisotopic (exact) mass is 280 g/mol. The van der Waals surface area contributed by atoms with E-state index in [9.17, 15) is 4.79 Å². The lowest BCUT2D eigenvalue weighted by Gasteiger charge is -2.09. The van der Waals surface area contributed by atoms with Gasteiger partial charge in [0.25, 0.3) is 5.91 Å². The van der Waals surface area contributed by atoms with Crippen molar-refractivity contribution in [3.8, 4) is 0 Å². The molecular weight excluding hydrogens is 264 g/mol. The van der Waals surface area contributed by atoms with E-state index in [0.29, 0.717) is 24.3 Å². The molecule has 21 heavy (non-hydrogen) atoms. The summed E-state index contributed by atoms with van der Waals surface area (Å²) in [5.41, 5.74) is 6.97. The number of aromatic nitrogens is 2. The van der Waals surface area contributed by atoms with Gasteiger partial charge in [-0.15, -0.1) is 0 Å². The van der Waals surface area contributed by atoms with Crippen molar-refractivity contribution >= 4 is 22.4 Å². The molecule has 3 rings (SSSR count). The first-order valence-electron chi connectivity index (χ1n) is 6.78. The Kier molecular flexibility index (Phi) is 3.55. The van der Waals surface area contributed by atoms with Gasteiger partial charge < -0.3 is 11.1 Å². The van der Waals surface area contributed by atoms with Crippen LogP contribution in [0.25, 0.3) is 10.8 Å². The fourth-order valence-corrected chi connectivity index (χ4v) is 2.27. The van der Waals surface area contributed by atoms with Crippen LogP contribution < -0.4 is 11.1 Å². The predicted molar refractivity (Wildman–Crippen MR) is 82.9 cm³/mol. The summed E-state index contributed by atoms with van der Waals surface area (Å²) in [6.45, 7) is 1.14. The number of benzene rings is 2. The van der Waals surface area contributed by atoms with Crippen LogP contribution in [0.2, 0.25) is 0 Å². The highest BCUT2D eigenvalue weighted by Crippen LogP contribution is 2.21. The van der Waals surface area contributed by atoms with Crippen molar-refractivity contribution in [1.29, 1.82) is 0 Å². The van der Waals surface area contributed by atoms with Crippen LogP contribution in [0.5, 0.6) is 0 Å². The number of carbonyl (C=O) groups excluding carboxylic acids is 1. The second kappa shape index (κ2) is 5.66. The number of nitrogens with zero attached hydrogens (tertiary/aromatic N) is 2. The van der Waals surface area contributed by atoms with Gasteiger partial charge in [0, 0.05) is 24.6 Å². The van der Waals surface area contributed by atoms with E-state index in [1.54, 1.807) is 10.9 Å². The smallest absolute Gasteiger partial charge is 0.253 e. The molecule has 0 atom stereocenters. The van der Waals surface area contributed by atoms with Crippen LogP contribution in [-0.4, -0.2) is 22.2 Å². The summed E-state index contributed by atoms with van der Waals surface area (Å²) >= 11 is 0. The first-order valence-corrected chi connectivity index (χ1v) is 6.78. The molecular formula is C16H16N4O. The molecule has 0 radical (unpaired) electrons. The number of carbonyl (C=O) groups is 1. The Balaban J connectivity index is 1.73. The Labute approximate surface area is 122 Å². The lowest BCUT2D eigenvalue weighted by Crippen LogP contribution is -2.28. The SMILES string of the molecule is Nc1cc2ccccc2cc1C(=O)NCCn1cccn1. The third-order valence-electron chi connectivity index (χ3n) is 3.35. The molecule has 0 spiro atoms. The predicted octanol–water partition coefficient (Wildman–Crippen LogP) is 2.05. The topological polar surface area (TPSA) is 72.9 Å². The number of nitrogen functional groups attached to an aromatic ring is 1. The average Bonchev–Trinajstić information content (AvgIpc) is 2.99. The minimum Gasteiger partial charge on any atom is -0.398 e. The van der Waals surface area contributed by atoms with Crippen LogP contribution in [0.3, 0.4) is 0 Å². The molecule has 0 saturated heterocycles. The largest absolute Gasteiger partial charge is 0.398 e. The first kappa shape index (κ1) is 13.2. The van der Waals surface area contributed by atoms with Gasteiger partial charge >= 0.3 is 0 Å². The van der Waals surface area contributed by atoms with Gasteiger partial charge in [-0.05, 0) is 29.0 Å². The lowest BCUT2D eigenvalue weighted by atomic mass is 10.0. The number of hydrogen-bond donors (Lipinski definition) is 2. The number of amides is 1. The highest BCUT2D eigenvalue weighted by atomic mass is 16.1. The standard InChI is InChI=1S/C16H16N4O/c17-15-11-13-5-2-1-4-12(13)10-14(15)16(21)18-7-9-20-8-3-6-19-20/h1-6,8,10-11H,7,9,17H2,(H,18,21). The maximum Gasteiger partial charge on any atom is 0.253 e. The van der Waals surface area contributed by atoms with E-state index in [0.717, 1.165) is 10.8 Å². The van der Waals surface area contributed by atoms with Gasteiger partial charge in [-0.3, -0.25) is 9.48 Å². The van der Waals surface area contributed by atoms with Crippen molar-refractivity contribution in [1.82, 2.24) is 15.1 Å². The van der Waals surface area contributed by atoms with E-state index in [2.05, 4.69) is 10.4 Å². The number of hydrogen-bond acceptors (Lipinski definition) is 3. The molecule has 3 N–H and O–H groups in total. The normalized spacial score (nSPS) is 10.7. The van der Waals surface area contributed by atoms with E-state index >= 15 is 0 Å². The molecule has 2 aromatic carbocycles. The molecule has 5 heteroatoms. The maximum absolute atomic E-state index is 12.2. The minimum atomic E-state index is -0.162. The Morgan fingerprint density at radius 2 is 1.95 bits per heavy atom. The van der Waals surface area contributed by atoms with Crippen molar-refractivity contribution in [3.05, 3.63) is 60.4 Å². The summed E-state index contributed by atoms with van der Waals surface area (Å²) in [5.74, 6) is -0.162. The van der Waals surface area contributed by atoms with Crippen LogP contribution in [0.15, 0.2) is 54.9 Å². The Bertz CT molecular complexity index is 765. The first-order chi connectivity index (χ1) is 10.2. The van der Waals surface area contributed by atoms with E-state index in [-0.39, 0.29) is 5.91 Å². The number of fused-ring (bicyclic) bond motifs is 1. The highest BCUT2D eigenvalue weighted by Gasteiger charge is 2.10. The van der Waals surface area contributed by atoms with Gasteiger partial charge in [0.1, 0.15) is 0 Å². The minimum absolute atomic E-state index is 0.162. The summed E-state index contributed by atoms with van der Waals surface area (Å²) < 4.78 is 1.77. The van der Waals surface area contributed by atoms with Crippen LogP contribution in [0.1, 0.15) is 10.4 Å². The number of nitrogens with one attached hydrogen (secondary N) is 1. The number of rotatable bonds is 4. The van der Waals surface area contributed by atoms with Gasteiger partial charge in [0.2, 0.25) is 0 Å². The van der Waals surface area contributed by atoms with Gasteiger partial charge in [-0.25, -0.2) is 0 Å². The van der Waals surface area contributed by atoms with Crippen molar-refractivity contribution in [2.24, 2.45) is 0 Å². The van der Waals surface area contributed by atoms with Crippen LogP contribution >= 0.6 is 0 Å². The second-order valence-corrected chi connectivity index (χ2v) is 4.81. The van der Waals surface area contributed by atoms with Crippen molar-refractivity contribution < 1.29 is 4.79 Å². The van der Waals surface area contributed by atoms with Gasteiger partial charge in [-0.1, -0.05) is 24.3 Å². The van der Waals surface area contributed by atoms with Crippen molar-refractivity contribution in [2.75, 3.05) is 12.3 Å². The zero-order chi connectivity index (χ0) is 14.7. The quantitative estimate of drug-likeness (QED) is 0.718. The van der Waals surface area contributed by atoms with Gasteiger partial charge in [0.05, 0.1) is 12.1 Å². The Morgan fingerprint density at radius 3 is 2.67 bits per heavy atom. The van der Waals surface area contributed by atoms with E-state index in [1.807, 2.05) is 48.7 Å². The van der Waals surface area contributed by atoms with Gasteiger partial charge in [-0.2, -0.15) is 5.10 Å². The van der Waals surface area contributed by atoms with Crippen molar-refractivity contribution in [3.63, 3.8) is 0 Å². The second-order valence-electron chi connectivity index (χ2n) is 4.81. The molecule has 5 nitrogen and oxygen atoms in total. The zero-order valence-electron chi connectivity index (χ0n) is 11.5. The third-order valence-corrected chi connectivity index (χ3v) is 3.35. The van der Waals surface area contributed by atoms with Gasteiger partial charge in [0.15, 0.2) is 0 Å². The number of anilines is 1. The van der Waals surface area contributed by atoms with E-state index in [1.165, 1.54) is 0 Å². The summed E-state index contributed by atoms with van der Waals surface area (Å²) in [4.78, 5) is 12.2. The van der Waals surface area contributed by atoms with Crippen LogP contribution in [0, 0.1) is 0 Å². The summed E-state index contributed by atoms with van der Waals surface area (Å²) in [7, 11) is 0. The summed E-state index contributed by atoms with van der Waals surface area (Å²) in [6.07, 6.45) is 3.57. The molecule has 0 unspecified atom stereocenters. The molecule has 0 fully saturated rings. The zero-order valence-corrected chi connectivity index (χ0v) is 11.5. The fraction of sp³-hybridized carbons (Fsp3) is 0.125. The van der Waals surface area contributed by atoms with Crippen LogP contribution in [-0.2, 0) is 6.54 Å². The lowest BCUT2D eigenvalue weighted by molar-refractivity contribution is 0.0953. The molecule has 0 bridgehead atoms. The molecule has 1 heterocycles. The molecule has 0 aliphatic heterocycles. The molecule has 3 aromatic rings. The van der Waals surface area contributed by atoms with E-state index in [4.69, 9.17) is 5.73 Å². The molecule has 0 aliphatic rings. The molecule has 0 saturated carbocycles. The van der Waals surface area contributed by atoms with Crippen LogP contribution in [0.4, 0.5) is 5.69 Å².